The maximum atomic E-state index is 11.8. The Kier molecular flexibility index (Phi) is 3.33. The van der Waals surface area contributed by atoms with Crippen LogP contribution in [0, 0.1) is 6.92 Å². The molecule has 0 aliphatic rings. The zero-order chi connectivity index (χ0) is 10.8. The summed E-state index contributed by atoms with van der Waals surface area (Å²) in [7, 11) is 0. The number of aromatic nitrogens is 1. The number of rotatable bonds is 3. The van der Waals surface area contributed by atoms with Gasteiger partial charge in [-0.2, -0.15) is 0 Å². The Bertz CT molecular complexity index is 489. The van der Waals surface area contributed by atoms with Crippen LogP contribution in [0.2, 0.25) is 0 Å². The van der Waals surface area contributed by atoms with Crippen LogP contribution in [0.3, 0.4) is 0 Å². The maximum absolute atomic E-state index is 11.8. The molecule has 0 amide bonds. The van der Waals surface area contributed by atoms with E-state index in [1.165, 1.54) is 11.3 Å². The number of thiophene rings is 1. The van der Waals surface area contributed by atoms with Gasteiger partial charge in [0.05, 0.1) is 13.7 Å². The fourth-order valence-corrected chi connectivity index (χ4v) is 3.15. The molecule has 0 atom stereocenters. The minimum atomic E-state index is 0.139. The predicted octanol–water partition coefficient (Wildman–Crippen LogP) is 3.70. The van der Waals surface area contributed by atoms with Gasteiger partial charge in [0, 0.05) is 12.6 Å². The highest BCUT2D eigenvalue weighted by Gasteiger charge is 2.12. The number of hydrogen-bond donors (Lipinski definition) is 0. The van der Waals surface area contributed by atoms with Crippen molar-refractivity contribution in [2.24, 2.45) is 0 Å². The lowest BCUT2D eigenvalue weighted by Gasteiger charge is -1.95. The average Bonchev–Trinajstić information content (AvgIpc) is 2.77. The topological polar surface area (TPSA) is 30.0 Å². The summed E-state index contributed by atoms with van der Waals surface area (Å²) >= 11 is 6.48. The van der Waals surface area contributed by atoms with Gasteiger partial charge in [0.15, 0.2) is 5.78 Å². The molecule has 0 saturated heterocycles. The number of halogens is 1. The van der Waals surface area contributed by atoms with Gasteiger partial charge >= 0.3 is 0 Å². The second kappa shape index (κ2) is 4.55. The summed E-state index contributed by atoms with van der Waals surface area (Å²) in [5.74, 6) is 0.139. The number of carbonyl (C=O) groups excluding carboxylic acids is 1. The number of nitrogens with zero attached hydrogens (tertiary/aromatic N) is 1. The van der Waals surface area contributed by atoms with Gasteiger partial charge in [-0.25, -0.2) is 4.98 Å². The maximum Gasteiger partial charge on any atom is 0.178 e. The van der Waals surface area contributed by atoms with Crippen LogP contribution in [0.15, 0.2) is 21.4 Å². The van der Waals surface area contributed by atoms with Crippen LogP contribution in [-0.4, -0.2) is 10.8 Å². The summed E-state index contributed by atoms with van der Waals surface area (Å²) < 4.78 is 1.04. The molecule has 2 rings (SSSR count). The van der Waals surface area contributed by atoms with Crippen molar-refractivity contribution in [2.75, 3.05) is 0 Å². The molecule has 5 heteroatoms. The molecule has 0 radical (unpaired) electrons. The third kappa shape index (κ3) is 2.53. The molecular weight excluding hydrogens is 294 g/mol. The van der Waals surface area contributed by atoms with Crippen molar-refractivity contribution in [3.8, 4) is 0 Å². The molecule has 0 spiro atoms. The summed E-state index contributed by atoms with van der Waals surface area (Å²) in [6.45, 7) is 1.90. The minimum Gasteiger partial charge on any atom is -0.293 e. The normalized spacial score (nSPS) is 10.5. The standard InChI is InChI=1S/C10H8BrNOS2/c1-6-12-5-9(15-6)8(13)4-7-2-3-14-10(7)11/h2-3,5H,4H2,1H3. The molecule has 2 aromatic heterocycles. The van der Waals surface area contributed by atoms with Crippen LogP contribution in [0.25, 0.3) is 0 Å². The molecule has 2 heterocycles. The highest BCUT2D eigenvalue weighted by Crippen LogP contribution is 2.25. The number of carbonyl (C=O) groups is 1. The lowest BCUT2D eigenvalue weighted by Crippen LogP contribution is -2.00. The molecule has 0 saturated carbocycles. The number of hydrogen-bond acceptors (Lipinski definition) is 4. The average molecular weight is 302 g/mol. The summed E-state index contributed by atoms with van der Waals surface area (Å²) in [6.07, 6.45) is 2.11. The van der Waals surface area contributed by atoms with Crippen LogP contribution in [0.1, 0.15) is 20.2 Å². The highest BCUT2D eigenvalue weighted by molar-refractivity contribution is 9.11. The Labute approximate surface area is 104 Å². The van der Waals surface area contributed by atoms with E-state index in [9.17, 15) is 4.79 Å². The smallest absolute Gasteiger partial charge is 0.178 e. The summed E-state index contributed by atoms with van der Waals surface area (Å²) in [5.41, 5.74) is 1.05. The Morgan fingerprint density at radius 1 is 1.60 bits per heavy atom. The van der Waals surface area contributed by atoms with Crippen LogP contribution < -0.4 is 0 Å². The van der Waals surface area contributed by atoms with E-state index in [0.29, 0.717) is 6.42 Å². The molecule has 0 aromatic carbocycles. The van der Waals surface area contributed by atoms with E-state index in [0.717, 1.165) is 19.2 Å². The molecule has 0 aliphatic heterocycles. The van der Waals surface area contributed by atoms with Gasteiger partial charge in [-0.3, -0.25) is 4.79 Å². The number of thiazole rings is 1. The Morgan fingerprint density at radius 3 is 2.93 bits per heavy atom. The molecule has 2 nitrogen and oxygen atoms in total. The molecule has 0 fully saturated rings. The van der Waals surface area contributed by atoms with Gasteiger partial charge in [-0.15, -0.1) is 22.7 Å². The van der Waals surface area contributed by atoms with Crippen LogP contribution in [0.5, 0.6) is 0 Å². The first-order valence-corrected chi connectivity index (χ1v) is 6.83. The number of Topliss-reactive ketones (excluding diaryl/α,β-unsaturated/α-hetero) is 1. The van der Waals surface area contributed by atoms with Crippen LogP contribution in [0.4, 0.5) is 0 Å². The van der Waals surface area contributed by atoms with Crippen LogP contribution in [-0.2, 0) is 6.42 Å². The molecular formula is C10H8BrNOS2. The molecule has 78 valence electrons. The third-order valence-electron chi connectivity index (χ3n) is 1.94. The Morgan fingerprint density at radius 2 is 2.40 bits per heavy atom. The van der Waals surface area contributed by atoms with Crippen molar-refractivity contribution in [2.45, 2.75) is 13.3 Å². The van der Waals surface area contributed by atoms with Crippen LogP contribution >= 0.6 is 38.6 Å². The third-order valence-corrected chi connectivity index (χ3v) is 4.71. The predicted molar refractivity (Wildman–Crippen MR) is 66.9 cm³/mol. The fraction of sp³-hybridized carbons (Fsp3) is 0.200. The molecule has 0 N–H and O–H groups in total. The molecule has 2 aromatic rings. The van der Waals surface area contributed by atoms with Crippen molar-refractivity contribution in [1.82, 2.24) is 4.98 Å². The summed E-state index contributed by atoms with van der Waals surface area (Å²) in [4.78, 5) is 16.7. The minimum absolute atomic E-state index is 0.139. The van der Waals surface area contributed by atoms with Gasteiger partial charge in [-0.05, 0) is 39.9 Å². The Balaban J connectivity index is 2.14. The van der Waals surface area contributed by atoms with E-state index in [1.54, 1.807) is 17.5 Å². The monoisotopic (exact) mass is 301 g/mol. The van der Waals surface area contributed by atoms with Gasteiger partial charge in [-0.1, -0.05) is 0 Å². The van der Waals surface area contributed by atoms with Crippen molar-refractivity contribution < 1.29 is 4.79 Å². The largest absolute Gasteiger partial charge is 0.293 e. The second-order valence-corrected chi connectivity index (χ2v) is 6.53. The Hall–Kier alpha value is -0.520. The first-order valence-electron chi connectivity index (χ1n) is 4.34. The zero-order valence-electron chi connectivity index (χ0n) is 7.99. The number of aryl methyl sites for hydroxylation is 1. The summed E-state index contributed by atoms with van der Waals surface area (Å²) in [5, 5.41) is 2.91. The van der Waals surface area contributed by atoms with E-state index in [1.807, 2.05) is 18.4 Å². The van der Waals surface area contributed by atoms with Crippen molar-refractivity contribution in [1.29, 1.82) is 0 Å². The van der Waals surface area contributed by atoms with E-state index >= 15 is 0 Å². The lowest BCUT2D eigenvalue weighted by molar-refractivity contribution is 0.0996. The first-order chi connectivity index (χ1) is 7.16. The van der Waals surface area contributed by atoms with E-state index < -0.39 is 0 Å². The SMILES string of the molecule is Cc1ncc(C(=O)Cc2ccsc2Br)s1. The highest BCUT2D eigenvalue weighted by atomic mass is 79.9. The van der Waals surface area contributed by atoms with E-state index in [2.05, 4.69) is 20.9 Å². The van der Waals surface area contributed by atoms with E-state index in [4.69, 9.17) is 0 Å². The van der Waals surface area contributed by atoms with Crippen molar-refractivity contribution in [3.63, 3.8) is 0 Å². The summed E-state index contributed by atoms with van der Waals surface area (Å²) in [6, 6.07) is 1.97. The van der Waals surface area contributed by atoms with Gasteiger partial charge in [0.2, 0.25) is 0 Å². The number of ketones is 1. The molecule has 0 unspecified atom stereocenters. The van der Waals surface area contributed by atoms with E-state index in [-0.39, 0.29) is 5.78 Å². The van der Waals surface area contributed by atoms with Gasteiger partial charge in [0.25, 0.3) is 0 Å². The fourth-order valence-electron chi connectivity index (χ4n) is 1.20. The second-order valence-electron chi connectivity index (χ2n) is 3.06. The molecule has 0 bridgehead atoms. The van der Waals surface area contributed by atoms with Gasteiger partial charge < -0.3 is 0 Å². The zero-order valence-corrected chi connectivity index (χ0v) is 11.2. The molecule has 15 heavy (non-hydrogen) atoms. The van der Waals surface area contributed by atoms with Crippen molar-refractivity contribution in [3.05, 3.63) is 36.9 Å². The quantitative estimate of drug-likeness (QED) is 0.809. The lowest BCUT2D eigenvalue weighted by atomic mass is 10.1. The van der Waals surface area contributed by atoms with Crippen molar-refractivity contribution >= 4 is 44.4 Å². The molecule has 0 aliphatic carbocycles. The van der Waals surface area contributed by atoms with Gasteiger partial charge in [0.1, 0.15) is 0 Å². The first kappa shape index (κ1) is 11.0.